The van der Waals surface area contributed by atoms with Crippen LogP contribution in [0.4, 0.5) is 21.7 Å². The van der Waals surface area contributed by atoms with E-state index in [1.165, 1.54) is 18.5 Å². The largest absolute Gasteiger partial charge is 0.361 e. The third-order valence-electron chi connectivity index (χ3n) is 3.27. The Kier molecular flexibility index (Phi) is 4.46. The Morgan fingerprint density at radius 3 is 2.75 bits per heavy atom. The minimum Gasteiger partial charge on any atom is -0.361 e. The van der Waals surface area contributed by atoms with E-state index < -0.39 is 0 Å². The molecule has 3 heterocycles. The van der Waals surface area contributed by atoms with Crippen LogP contribution in [0.25, 0.3) is 0 Å². The first-order valence-corrected chi connectivity index (χ1v) is 7.26. The van der Waals surface area contributed by atoms with E-state index >= 15 is 0 Å². The molecule has 0 unspecified atom stereocenters. The van der Waals surface area contributed by atoms with Crippen LogP contribution >= 0.6 is 0 Å². The summed E-state index contributed by atoms with van der Waals surface area (Å²) in [4.78, 5) is 26.7. The highest BCUT2D eigenvalue weighted by molar-refractivity contribution is 5.55. The molecule has 1 atom stereocenters. The van der Waals surface area contributed by atoms with Crippen molar-refractivity contribution in [1.82, 2.24) is 19.9 Å². The summed E-state index contributed by atoms with van der Waals surface area (Å²) < 4.78 is 12.9. The van der Waals surface area contributed by atoms with Crippen LogP contribution in [0.2, 0.25) is 0 Å². The summed E-state index contributed by atoms with van der Waals surface area (Å²) in [5.74, 6) is 0.548. The second-order valence-electron chi connectivity index (χ2n) is 5.09. The van der Waals surface area contributed by atoms with Crippen molar-refractivity contribution in [3.8, 4) is 0 Å². The molecule has 3 aromatic heterocycles. The zero-order valence-electron chi connectivity index (χ0n) is 12.8. The third kappa shape index (κ3) is 3.72. The summed E-state index contributed by atoms with van der Waals surface area (Å²) in [6.07, 6.45) is 5.78. The van der Waals surface area contributed by atoms with Crippen LogP contribution in [-0.4, -0.2) is 19.9 Å². The molecule has 0 bridgehead atoms. The van der Waals surface area contributed by atoms with Crippen LogP contribution in [0.3, 0.4) is 0 Å². The van der Waals surface area contributed by atoms with Crippen molar-refractivity contribution < 1.29 is 4.39 Å². The van der Waals surface area contributed by atoms with Crippen LogP contribution in [-0.2, 0) is 0 Å². The second-order valence-corrected chi connectivity index (χ2v) is 5.09. The molecule has 24 heavy (non-hydrogen) atoms. The van der Waals surface area contributed by atoms with E-state index in [0.717, 1.165) is 0 Å². The molecule has 0 spiro atoms. The number of hydrogen-bond acceptors (Lipinski definition) is 6. The number of H-pyrrole nitrogens is 1. The number of nitrogens with zero attached hydrogens (tertiary/aromatic N) is 3. The maximum atomic E-state index is 12.9. The second kappa shape index (κ2) is 6.86. The van der Waals surface area contributed by atoms with Crippen molar-refractivity contribution >= 4 is 17.3 Å². The number of pyridine rings is 2. The van der Waals surface area contributed by atoms with Gasteiger partial charge in [0.2, 0.25) is 0 Å². The van der Waals surface area contributed by atoms with Crippen LogP contribution in [0, 0.1) is 5.82 Å². The highest BCUT2D eigenvalue weighted by atomic mass is 19.1. The number of anilines is 3. The third-order valence-corrected chi connectivity index (χ3v) is 3.27. The van der Waals surface area contributed by atoms with Crippen molar-refractivity contribution in [2.45, 2.75) is 13.0 Å². The van der Waals surface area contributed by atoms with Crippen LogP contribution in [0.1, 0.15) is 18.7 Å². The molecule has 0 amide bonds. The number of aromatic nitrogens is 4. The molecule has 0 fully saturated rings. The fourth-order valence-electron chi connectivity index (χ4n) is 2.09. The van der Waals surface area contributed by atoms with E-state index in [9.17, 15) is 9.18 Å². The molecule has 0 aliphatic heterocycles. The van der Waals surface area contributed by atoms with Gasteiger partial charge < -0.3 is 15.6 Å². The van der Waals surface area contributed by atoms with Crippen molar-refractivity contribution in [2.24, 2.45) is 0 Å². The van der Waals surface area contributed by atoms with E-state index in [4.69, 9.17) is 0 Å². The summed E-state index contributed by atoms with van der Waals surface area (Å²) in [7, 11) is 0. The van der Waals surface area contributed by atoms with E-state index in [1.54, 1.807) is 30.6 Å². The molecular formula is C16H15FN6O. The lowest BCUT2D eigenvalue weighted by atomic mass is 10.2. The fourth-order valence-corrected chi connectivity index (χ4v) is 2.09. The maximum absolute atomic E-state index is 12.9. The van der Waals surface area contributed by atoms with Crippen molar-refractivity contribution in [3.05, 3.63) is 70.9 Å². The normalized spacial score (nSPS) is 11.8. The average Bonchev–Trinajstić information content (AvgIpc) is 2.58. The monoisotopic (exact) mass is 326 g/mol. The zero-order chi connectivity index (χ0) is 16.9. The van der Waals surface area contributed by atoms with E-state index in [0.29, 0.717) is 23.0 Å². The standard InChI is InChI=1S/C16H15FN6O/c1-10(12-5-4-11(17)7-20-12)21-14-8-18-9-15(23-14)22-13-3-2-6-19-16(13)24/h2-10H,1H3,(H,19,24)(H2,21,22,23)/t10-/m0/s1. The van der Waals surface area contributed by atoms with Gasteiger partial charge in [-0.1, -0.05) is 0 Å². The lowest BCUT2D eigenvalue weighted by Crippen LogP contribution is -2.13. The molecule has 122 valence electrons. The molecule has 3 N–H and O–H groups in total. The summed E-state index contributed by atoms with van der Waals surface area (Å²) in [6, 6.07) is 6.13. The first kappa shape index (κ1) is 15.6. The van der Waals surface area contributed by atoms with Gasteiger partial charge in [-0.15, -0.1) is 0 Å². The van der Waals surface area contributed by atoms with Crippen LogP contribution < -0.4 is 16.2 Å². The number of halogens is 1. The van der Waals surface area contributed by atoms with Gasteiger partial charge in [0.15, 0.2) is 5.82 Å². The molecule has 0 aromatic carbocycles. The molecule has 8 heteroatoms. The Hall–Kier alpha value is -3.29. The minimum absolute atomic E-state index is 0.185. The van der Waals surface area contributed by atoms with Crippen LogP contribution in [0.5, 0.6) is 0 Å². The lowest BCUT2D eigenvalue weighted by molar-refractivity contribution is 0.617. The van der Waals surface area contributed by atoms with E-state index in [1.807, 2.05) is 6.92 Å². The van der Waals surface area contributed by atoms with E-state index in [2.05, 4.69) is 30.6 Å². The van der Waals surface area contributed by atoms with Crippen molar-refractivity contribution in [1.29, 1.82) is 0 Å². The van der Waals surface area contributed by atoms with Gasteiger partial charge in [-0.05, 0) is 31.2 Å². The summed E-state index contributed by atoms with van der Waals surface area (Å²) in [5, 5.41) is 6.04. The maximum Gasteiger partial charge on any atom is 0.271 e. The number of hydrogen-bond donors (Lipinski definition) is 3. The van der Waals surface area contributed by atoms with Gasteiger partial charge in [0, 0.05) is 6.20 Å². The first-order chi connectivity index (χ1) is 11.6. The molecule has 3 rings (SSSR count). The molecule has 0 saturated heterocycles. The number of rotatable bonds is 5. The molecule has 3 aromatic rings. The van der Waals surface area contributed by atoms with Gasteiger partial charge in [0.25, 0.3) is 5.56 Å². The minimum atomic E-state index is -0.384. The summed E-state index contributed by atoms with van der Waals surface area (Å²) >= 11 is 0. The molecule has 0 aliphatic carbocycles. The molecular weight excluding hydrogens is 311 g/mol. The molecule has 7 nitrogen and oxygen atoms in total. The van der Waals surface area contributed by atoms with Gasteiger partial charge in [-0.25, -0.2) is 9.37 Å². The summed E-state index contributed by atoms with van der Waals surface area (Å²) in [6.45, 7) is 1.88. The van der Waals surface area contributed by atoms with Gasteiger partial charge in [-0.2, -0.15) is 0 Å². The Bertz CT molecular complexity index is 880. The summed E-state index contributed by atoms with van der Waals surface area (Å²) in [5.41, 5.74) is 0.801. The Morgan fingerprint density at radius 2 is 2.00 bits per heavy atom. The van der Waals surface area contributed by atoms with Crippen molar-refractivity contribution in [2.75, 3.05) is 10.6 Å². The SMILES string of the molecule is C[C@H](Nc1cncc(Nc2ccc[nH]c2=O)n1)c1ccc(F)cn1. The highest BCUT2D eigenvalue weighted by Gasteiger charge is 2.09. The van der Waals surface area contributed by atoms with Crippen molar-refractivity contribution in [3.63, 3.8) is 0 Å². The highest BCUT2D eigenvalue weighted by Crippen LogP contribution is 2.17. The topological polar surface area (TPSA) is 95.6 Å². The number of aromatic amines is 1. The molecule has 0 aliphatic rings. The van der Waals surface area contributed by atoms with Crippen LogP contribution in [0.15, 0.2) is 53.8 Å². The van der Waals surface area contributed by atoms with Gasteiger partial charge in [0.1, 0.15) is 17.3 Å². The Balaban J connectivity index is 1.74. The smallest absolute Gasteiger partial charge is 0.271 e. The first-order valence-electron chi connectivity index (χ1n) is 7.26. The predicted molar refractivity (Wildman–Crippen MR) is 88.6 cm³/mol. The Morgan fingerprint density at radius 1 is 1.17 bits per heavy atom. The predicted octanol–water partition coefficient (Wildman–Crippen LogP) is 2.62. The lowest BCUT2D eigenvalue weighted by Gasteiger charge is -2.14. The van der Waals surface area contributed by atoms with Gasteiger partial charge in [0.05, 0.1) is 30.3 Å². The van der Waals surface area contributed by atoms with E-state index in [-0.39, 0.29) is 17.4 Å². The number of nitrogens with one attached hydrogen (secondary N) is 3. The fraction of sp³-hybridized carbons (Fsp3) is 0.125. The average molecular weight is 326 g/mol. The van der Waals surface area contributed by atoms with Gasteiger partial charge in [-0.3, -0.25) is 14.8 Å². The Labute approximate surface area is 137 Å². The zero-order valence-corrected chi connectivity index (χ0v) is 12.8. The molecule has 0 saturated carbocycles. The van der Waals surface area contributed by atoms with Gasteiger partial charge >= 0.3 is 0 Å². The molecule has 0 radical (unpaired) electrons. The quantitative estimate of drug-likeness (QED) is 0.667.